The monoisotopic (exact) mass is 411 g/mol. The van der Waals surface area contributed by atoms with Crippen molar-refractivity contribution < 1.29 is 23.8 Å². The number of amides is 1. The maximum Gasteiger partial charge on any atom is 0.407 e. The van der Waals surface area contributed by atoms with Gasteiger partial charge in [0.2, 0.25) is 0 Å². The number of hydrogen-bond donors (Lipinski definition) is 1. The highest BCUT2D eigenvalue weighted by atomic mass is 16.6. The average molecular weight is 411 g/mol. The van der Waals surface area contributed by atoms with Gasteiger partial charge in [0.15, 0.2) is 0 Å². The molecule has 0 spiro atoms. The lowest BCUT2D eigenvalue weighted by molar-refractivity contribution is -0.137. The topological polar surface area (TPSA) is 73.9 Å². The molecule has 0 heterocycles. The molecule has 6 nitrogen and oxygen atoms in total. The molecule has 6 heteroatoms. The first-order valence-corrected chi connectivity index (χ1v) is 9.81. The molecule has 0 fully saturated rings. The Labute approximate surface area is 177 Å². The predicted molar refractivity (Wildman–Crippen MR) is 116 cm³/mol. The van der Waals surface area contributed by atoms with E-state index in [-0.39, 0.29) is 6.61 Å². The van der Waals surface area contributed by atoms with Gasteiger partial charge in [0.25, 0.3) is 0 Å². The number of methoxy groups -OCH3 is 1. The number of carbonyl (C=O) groups is 2. The van der Waals surface area contributed by atoms with Crippen LogP contribution in [0.4, 0.5) is 4.79 Å². The highest BCUT2D eigenvalue weighted by molar-refractivity contribution is 5.97. The first kappa shape index (κ1) is 23.0. The van der Waals surface area contributed by atoms with Crippen LogP contribution in [-0.4, -0.2) is 31.4 Å². The van der Waals surface area contributed by atoms with E-state index in [4.69, 9.17) is 14.2 Å². The quantitative estimate of drug-likeness (QED) is 0.527. The van der Waals surface area contributed by atoms with Gasteiger partial charge in [-0.1, -0.05) is 36.4 Å². The number of carbonyl (C=O) groups excluding carboxylic acids is 2. The molecule has 1 N–H and O–H groups in total. The van der Waals surface area contributed by atoms with Crippen molar-refractivity contribution in [2.24, 2.45) is 0 Å². The lowest BCUT2D eigenvalue weighted by atomic mass is 9.95. The van der Waals surface area contributed by atoms with Crippen LogP contribution in [0, 0.1) is 0 Å². The molecule has 0 aliphatic rings. The van der Waals surface area contributed by atoms with Crippen LogP contribution >= 0.6 is 0 Å². The Hall–Kier alpha value is -3.28. The summed E-state index contributed by atoms with van der Waals surface area (Å²) in [5, 5.41) is 2.75. The lowest BCUT2D eigenvalue weighted by Gasteiger charge is -2.19. The largest absolute Gasteiger partial charge is 0.496 e. The van der Waals surface area contributed by atoms with Crippen molar-refractivity contribution in [1.29, 1.82) is 0 Å². The number of hydrogen-bond acceptors (Lipinski definition) is 5. The number of alkyl carbamates (subject to hydrolysis) is 1. The smallest absolute Gasteiger partial charge is 0.407 e. The number of para-hydroxylation sites is 1. The van der Waals surface area contributed by atoms with Gasteiger partial charge in [-0.15, -0.1) is 0 Å². The number of rotatable bonds is 7. The molecule has 160 valence electrons. The third-order valence-corrected chi connectivity index (χ3v) is 4.02. The van der Waals surface area contributed by atoms with Crippen molar-refractivity contribution in [2.75, 3.05) is 13.7 Å². The summed E-state index contributed by atoms with van der Waals surface area (Å²) in [5.41, 5.74) is 2.54. The van der Waals surface area contributed by atoms with Crippen LogP contribution in [0.5, 0.6) is 5.75 Å². The van der Waals surface area contributed by atoms with Crippen LogP contribution in [0.3, 0.4) is 0 Å². The summed E-state index contributed by atoms with van der Waals surface area (Å²) in [6.45, 7) is 7.78. The second kappa shape index (κ2) is 10.5. The molecule has 0 aromatic heterocycles. The Morgan fingerprint density at radius 1 is 1.07 bits per heavy atom. The minimum Gasteiger partial charge on any atom is -0.496 e. The zero-order valence-electron chi connectivity index (χ0n) is 18.2. The third-order valence-electron chi connectivity index (χ3n) is 4.02. The third kappa shape index (κ3) is 6.95. The van der Waals surface area contributed by atoms with E-state index in [1.807, 2.05) is 69.3 Å². The fourth-order valence-electron chi connectivity index (χ4n) is 2.82. The zero-order valence-corrected chi connectivity index (χ0v) is 18.2. The maximum atomic E-state index is 12.2. The van der Waals surface area contributed by atoms with Gasteiger partial charge >= 0.3 is 12.1 Å². The van der Waals surface area contributed by atoms with Crippen molar-refractivity contribution in [2.45, 2.75) is 39.8 Å². The fourth-order valence-corrected chi connectivity index (χ4v) is 2.82. The molecule has 0 aliphatic carbocycles. The van der Waals surface area contributed by atoms with Gasteiger partial charge in [0.05, 0.1) is 13.7 Å². The molecule has 1 amide bonds. The molecule has 30 heavy (non-hydrogen) atoms. The van der Waals surface area contributed by atoms with Crippen molar-refractivity contribution in [3.63, 3.8) is 0 Å². The highest BCUT2D eigenvalue weighted by Gasteiger charge is 2.16. The van der Waals surface area contributed by atoms with Crippen LogP contribution in [0.25, 0.3) is 5.57 Å². The second-order valence-electron chi connectivity index (χ2n) is 7.57. The van der Waals surface area contributed by atoms with Crippen LogP contribution in [0.15, 0.2) is 54.6 Å². The molecule has 2 rings (SSSR count). The molecule has 0 unspecified atom stereocenters. The summed E-state index contributed by atoms with van der Waals surface area (Å²) in [4.78, 5) is 24.2. The molecule has 2 aromatic rings. The van der Waals surface area contributed by atoms with E-state index in [0.717, 1.165) is 16.7 Å². The standard InChI is InChI=1S/C24H29NO5/c1-6-29-22(26)15-20(19-12-7-8-13-21(19)28-5)18-11-9-10-17(14-18)16-25-23(27)30-24(2,3)4/h7-15H,6,16H2,1-5H3,(H,25,27)/b20-15-. The second-order valence-corrected chi connectivity index (χ2v) is 7.57. The molecule has 0 bridgehead atoms. The normalized spacial score (nSPS) is 11.6. The molecule has 0 saturated carbocycles. The molecule has 2 aromatic carbocycles. The summed E-state index contributed by atoms with van der Waals surface area (Å²) in [6.07, 6.45) is 0.974. The zero-order chi connectivity index (χ0) is 22.1. The molecular formula is C24H29NO5. The van der Waals surface area contributed by atoms with Gasteiger partial charge in [-0.25, -0.2) is 9.59 Å². The van der Waals surface area contributed by atoms with Crippen molar-refractivity contribution in [3.05, 3.63) is 71.3 Å². The van der Waals surface area contributed by atoms with E-state index >= 15 is 0 Å². The van der Waals surface area contributed by atoms with Gasteiger partial charge in [-0.3, -0.25) is 0 Å². The predicted octanol–water partition coefficient (Wildman–Crippen LogP) is 4.71. The Kier molecular flexibility index (Phi) is 8.04. The van der Waals surface area contributed by atoms with Crippen LogP contribution in [-0.2, 0) is 20.8 Å². The SMILES string of the molecule is CCOC(=O)/C=C(/c1cccc(CNC(=O)OC(C)(C)C)c1)c1ccccc1OC. The summed E-state index contributed by atoms with van der Waals surface area (Å²) in [6, 6.07) is 15.0. The molecule has 0 radical (unpaired) electrons. The summed E-state index contributed by atoms with van der Waals surface area (Å²) in [7, 11) is 1.59. The molecular weight excluding hydrogens is 382 g/mol. The van der Waals surface area contributed by atoms with Gasteiger partial charge in [-0.2, -0.15) is 0 Å². The number of benzene rings is 2. The Morgan fingerprint density at radius 2 is 1.80 bits per heavy atom. The van der Waals surface area contributed by atoms with Crippen LogP contribution < -0.4 is 10.1 Å². The van der Waals surface area contributed by atoms with Gasteiger partial charge in [0.1, 0.15) is 11.4 Å². The minimum atomic E-state index is -0.564. The number of nitrogens with one attached hydrogen (secondary N) is 1. The molecule has 0 saturated heterocycles. The van der Waals surface area contributed by atoms with Crippen molar-refractivity contribution in [1.82, 2.24) is 5.32 Å². The van der Waals surface area contributed by atoms with Crippen molar-refractivity contribution >= 4 is 17.6 Å². The molecule has 0 aliphatic heterocycles. The Morgan fingerprint density at radius 3 is 2.47 bits per heavy atom. The highest BCUT2D eigenvalue weighted by Crippen LogP contribution is 2.31. The van der Waals surface area contributed by atoms with E-state index in [1.165, 1.54) is 6.08 Å². The number of ether oxygens (including phenoxy) is 3. The van der Waals surface area contributed by atoms with E-state index in [0.29, 0.717) is 17.9 Å². The first-order chi connectivity index (χ1) is 14.2. The average Bonchev–Trinajstić information content (AvgIpc) is 2.70. The summed E-state index contributed by atoms with van der Waals surface area (Å²) < 4.78 is 15.9. The summed E-state index contributed by atoms with van der Waals surface area (Å²) >= 11 is 0. The van der Waals surface area contributed by atoms with Crippen molar-refractivity contribution in [3.8, 4) is 5.75 Å². The first-order valence-electron chi connectivity index (χ1n) is 9.81. The summed E-state index contributed by atoms with van der Waals surface area (Å²) in [5.74, 6) is 0.209. The van der Waals surface area contributed by atoms with Crippen LogP contribution in [0.2, 0.25) is 0 Å². The van der Waals surface area contributed by atoms with E-state index in [2.05, 4.69) is 5.32 Å². The molecule has 0 atom stereocenters. The van der Waals surface area contributed by atoms with Crippen LogP contribution in [0.1, 0.15) is 44.4 Å². The van der Waals surface area contributed by atoms with E-state index in [9.17, 15) is 9.59 Å². The van der Waals surface area contributed by atoms with E-state index < -0.39 is 17.7 Å². The fraction of sp³-hybridized carbons (Fsp3) is 0.333. The lowest BCUT2D eigenvalue weighted by Crippen LogP contribution is -2.32. The Balaban J connectivity index is 2.34. The van der Waals surface area contributed by atoms with E-state index in [1.54, 1.807) is 14.0 Å². The minimum absolute atomic E-state index is 0.286. The maximum absolute atomic E-state index is 12.2. The Bertz CT molecular complexity index is 912. The van der Waals surface area contributed by atoms with Gasteiger partial charge in [0, 0.05) is 18.2 Å². The van der Waals surface area contributed by atoms with Gasteiger partial charge < -0.3 is 19.5 Å². The number of esters is 1. The van der Waals surface area contributed by atoms with Gasteiger partial charge in [-0.05, 0) is 56.5 Å².